The van der Waals surface area contributed by atoms with Crippen LogP contribution >= 0.6 is 0 Å². The molecule has 0 aromatic rings. The Morgan fingerprint density at radius 1 is 1.67 bits per heavy atom. The number of aldehydes is 1. The van der Waals surface area contributed by atoms with Gasteiger partial charge in [0.15, 0.2) is 0 Å². The van der Waals surface area contributed by atoms with Gasteiger partial charge in [0.2, 0.25) is 0 Å². The van der Waals surface area contributed by atoms with Crippen LogP contribution in [0, 0.1) is 5.41 Å². The Bertz CT molecular complexity index is 154. The lowest BCUT2D eigenvalue weighted by Crippen LogP contribution is -2.04. The lowest BCUT2D eigenvalue weighted by Gasteiger charge is -2.15. The van der Waals surface area contributed by atoms with E-state index >= 15 is 0 Å². The summed E-state index contributed by atoms with van der Waals surface area (Å²) in [5, 5.41) is 0. The molecule has 0 unspecified atom stereocenters. The highest BCUT2D eigenvalue weighted by atomic mass is 16.1. The minimum Gasteiger partial charge on any atom is -0.298 e. The van der Waals surface area contributed by atoms with Gasteiger partial charge in [-0.25, -0.2) is 0 Å². The van der Waals surface area contributed by atoms with Crippen molar-refractivity contribution in [1.82, 2.24) is 0 Å². The monoisotopic (exact) mass is 124 g/mol. The van der Waals surface area contributed by atoms with E-state index in [-0.39, 0.29) is 0 Å². The van der Waals surface area contributed by atoms with Gasteiger partial charge in [-0.2, -0.15) is 0 Å². The van der Waals surface area contributed by atoms with E-state index in [0.717, 1.165) is 24.7 Å². The van der Waals surface area contributed by atoms with E-state index in [4.69, 9.17) is 0 Å². The van der Waals surface area contributed by atoms with Gasteiger partial charge in [-0.1, -0.05) is 19.9 Å². The molecular weight excluding hydrogens is 112 g/mol. The van der Waals surface area contributed by atoms with Crippen molar-refractivity contribution < 1.29 is 4.79 Å². The molecule has 1 rings (SSSR count). The molecule has 0 aromatic heterocycles. The van der Waals surface area contributed by atoms with Crippen molar-refractivity contribution in [1.29, 1.82) is 0 Å². The minimum atomic E-state index is 0.343. The molecule has 0 saturated carbocycles. The summed E-state index contributed by atoms with van der Waals surface area (Å²) in [6, 6.07) is 0. The van der Waals surface area contributed by atoms with Crippen LogP contribution in [0.3, 0.4) is 0 Å². The third-order valence-corrected chi connectivity index (χ3v) is 1.75. The average Bonchev–Trinajstić information content (AvgIpc) is 2.10. The fourth-order valence-electron chi connectivity index (χ4n) is 1.19. The number of allylic oxidation sites excluding steroid dienone is 2. The normalized spacial score (nSPS) is 23.6. The number of hydrogen-bond donors (Lipinski definition) is 0. The number of rotatable bonds is 1. The van der Waals surface area contributed by atoms with Crippen LogP contribution in [0.1, 0.15) is 26.7 Å². The standard InChI is InChI=1S/C8H12O/c1-8(2)4-3-7(5-8)6-9/h3,6H,4-5H2,1-2H3. The summed E-state index contributed by atoms with van der Waals surface area (Å²) in [5.41, 5.74) is 1.32. The molecule has 0 N–H and O–H groups in total. The van der Waals surface area contributed by atoms with E-state index in [1.807, 2.05) is 6.08 Å². The van der Waals surface area contributed by atoms with Crippen molar-refractivity contribution in [2.45, 2.75) is 26.7 Å². The molecule has 0 aromatic carbocycles. The van der Waals surface area contributed by atoms with Crippen LogP contribution in [0.15, 0.2) is 11.6 Å². The topological polar surface area (TPSA) is 17.1 Å². The summed E-state index contributed by atoms with van der Waals surface area (Å²) in [4.78, 5) is 10.2. The molecule has 0 saturated heterocycles. The van der Waals surface area contributed by atoms with Gasteiger partial charge in [-0.05, 0) is 23.8 Å². The molecule has 1 aliphatic rings. The highest BCUT2D eigenvalue weighted by molar-refractivity contribution is 5.74. The van der Waals surface area contributed by atoms with Crippen molar-refractivity contribution >= 4 is 6.29 Å². The first-order chi connectivity index (χ1) is 4.14. The van der Waals surface area contributed by atoms with Crippen LogP contribution in [0.25, 0.3) is 0 Å². The van der Waals surface area contributed by atoms with Crippen molar-refractivity contribution in [2.75, 3.05) is 0 Å². The highest BCUT2D eigenvalue weighted by Crippen LogP contribution is 2.34. The largest absolute Gasteiger partial charge is 0.298 e. The van der Waals surface area contributed by atoms with Crippen molar-refractivity contribution in [3.05, 3.63) is 11.6 Å². The number of carbonyl (C=O) groups excluding carboxylic acids is 1. The Balaban J connectivity index is 2.59. The highest BCUT2D eigenvalue weighted by Gasteiger charge is 2.23. The van der Waals surface area contributed by atoms with Gasteiger partial charge in [-0.15, -0.1) is 0 Å². The van der Waals surface area contributed by atoms with Gasteiger partial charge in [0, 0.05) is 0 Å². The number of hydrogen-bond acceptors (Lipinski definition) is 1. The van der Waals surface area contributed by atoms with Gasteiger partial charge < -0.3 is 0 Å². The molecule has 0 spiro atoms. The van der Waals surface area contributed by atoms with E-state index in [2.05, 4.69) is 13.8 Å². The van der Waals surface area contributed by atoms with Crippen LogP contribution in [-0.4, -0.2) is 6.29 Å². The van der Waals surface area contributed by atoms with Crippen molar-refractivity contribution in [3.63, 3.8) is 0 Å². The van der Waals surface area contributed by atoms with E-state index < -0.39 is 0 Å². The lowest BCUT2D eigenvalue weighted by molar-refractivity contribution is -0.105. The maximum atomic E-state index is 10.2. The van der Waals surface area contributed by atoms with Crippen LogP contribution in [-0.2, 0) is 4.79 Å². The molecule has 0 heterocycles. The smallest absolute Gasteiger partial charge is 0.145 e. The molecule has 0 atom stereocenters. The molecule has 1 aliphatic carbocycles. The summed E-state index contributed by atoms with van der Waals surface area (Å²) in [6.07, 6.45) is 5.01. The van der Waals surface area contributed by atoms with Crippen LogP contribution in [0.4, 0.5) is 0 Å². The third kappa shape index (κ3) is 1.41. The predicted molar refractivity (Wildman–Crippen MR) is 37.2 cm³/mol. The predicted octanol–water partition coefficient (Wildman–Crippen LogP) is 1.93. The zero-order valence-corrected chi connectivity index (χ0v) is 5.98. The minimum absolute atomic E-state index is 0.343. The van der Waals surface area contributed by atoms with E-state index in [0.29, 0.717) is 5.41 Å². The summed E-state index contributed by atoms with van der Waals surface area (Å²) < 4.78 is 0. The molecule has 0 bridgehead atoms. The summed E-state index contributed by atoms with van der Waals surface area (Å²) in [6.45, 7) is 4.36. The fourth-order valence-corrected chi connectivity index (χ4v) is 1.19. The Kier molecular flexibility index (Phi) is 1.43. The SMILES string of the molecule is CC1(C)CC=C(C=O)C1. The molecule has 0 amide bonds. The van der Waals surface area contributed by atoms with Gasteiger partial charge in [0.1, 0.15) is 6.29 Å². The average molecular weight is 124 g/mol. The molecule has 0 fully saturated rings. The third-order valence-electron chi connectivity index (χ3n) is 1.75. The maximum Gasteiger partial charge on any atom is 0.145 e. The van der Waals surface area contributed by atoms with Gasteiger partial charge in [0.25, 0.3) is 0 Å². The second-order valence-corrected chi connectivity index (χ2v) is 3.44. The second kappa shape index (κ2) is 1.98. The molecule has 0 radical (unpaired) electrons. The summed E-state index contributed by atoms with van der Waals surface area (Å²) in [5.74, 6) is 0. The Morgan fingerprint density at radius 3 is 2.56 bits per heavy atom. The first-order valence-electron chi connectivity index (χ1n) is 3.28. The summed E-state index contributed by atoms with van der Waals surface area (Å²) >= 11 is 0. The van der Waals surface area contributed by atoms with Crippen molar-refractivity contribution in [2.24, 2.45) is 5.41 Å². The maximum absolute atomic E-state index is 10.2. The van der Waals surface area contributed by atoms with Crippen LogP contribution in [0.5, 0.6) is 0 Å². The van der Waals surface area contributed by atoms with E-state index in [9.17, 15) is 4.79 Å². The molecular formula is C8H12O. The molecule has 0 aliphatic heterocycles. The van der Waals surface area contributed by atoms with Crippen LogP contribution < -0.4 is 0 Å². The Labute approximate surface area is 55.8 Å². The van der Waals surface area contributed by atoms with Gasteiger partial charge in [0.05, 0.1) is 0 Å². The molecule has 9 heavy (non-hydrogen) atoms. The zero-order valence-electron chi connectivity index (χ0n) is 5.98. The second-order valence-electron chi connectivity index (χ2n) is 3.44. The van der Waals surface area contributed by atoms with Gasteiger partial charge >= 0.3 is 0 Å². The Morgan fingerprint density at radius 2 is 2.33 bits per heavy atom. The fraction of sp³-hybridized carbons (Fsp3) is 0.625. The first kappa shape index (κ1) is 6.53. The quantitative estimate of drug-likeness (QED) is 0.488. The van der Waals surface area contributed by atoms with Crippen LogP contribution in [0.2, 0.25) is 0 Å². The van der Waals surface area contributed by atoms with Crippen molar-refractivity contribution in [3.8, 4) is 0 Å². The Hall–Kier alpha value is -0.590. The van der Waals surface area contributed by atoms with Gasteiger partial charge in [-0.3, -0.25) is 4.79 Å². The van der Waals surface area contributed by atoms with E-state index in [1.54, 1.807) is 0 Å². The zero-order chi connectivity index (χ0) is 6.91. The number of carbonyl (C=O) groups is 1. The molecule has 1 heteroatoms. The lowest BCUT2D eigenvalue weighted by atomic mass is 9.90. The molecule has 50 valence electrons. The molecule has 1 nitrogen and oxygen atoms in total. The van der Waals surface area contributed by atoms with E-state index in [1.165, 1.54) is 0 Å². The summed E-state index contributed by atoms with van der Waals surface area (Å²) in [7, 11) is 0. The first-order valence-corrected chi connectivity index (χ1v) is 3.28.